The molecule has 10 nitrogen and oxygen atoms in total. The lowest BCUT2D eigenvalue weighted by molar-refractivity contribution is -0.0131. The molecule has 0 amide bonds. The lowest BCUT2D eigenvalue weighted by atomic mass is 9.83. The van der Waals surface area contributed by atoms with Crippen LogP contribution in [0.15, 0.2) is 40.1 Å². The smallest absolute Gasteiger partial charge is 0.403 e. The number of phosphoric acid groups is 1. The van der Waals surface area contributed by atoms with E-state index < -0.39 is 31.4 Å². The largest absolute Gasteiger partial charge is 0.530 e. The van der Waals surface area contributed by atoms with E-state index in [1.54, 1.807) is 31.2 Å². The Bertz CT molecular complexity index is 1330. The van der Waals surface area contributed by atoms with E-state index in [2.05, 4.69) is 4.98 Å². The molecule has 0 saturated carbocycles. The number of fused-ring (bicyclic) bond motifs is 1. The first-order valence-corrected chi connectivity index (χ1v) is 12.3. The molecule has 2 aliphatic heterocycles. The van der Waals surface area contributed by atoms with Crippen molar-refractivity contribution >= 4 is 13.6 Å². The molecule has 3 atom stereocenters. The summed E-state index contributed by atoms with van der Waals surface area (Å²) in [6, 6.07) is 3.42. The van der Waals surface area contributed by atoms with Gasteiger partial charge in [-0.05, 0) is 37.5 Å². The predicted octanol–water partition coefficient (Wildman–Crippen LogP) is 3.53. The minimum Gasteiger partial charge on any atom is -0.403 e. The molecule has 1 N–H and O–H groups in total. The Labute approximate surface area is 196 Å². The molecule has 182 valence electrons. The first-order valence-electron chi connectivity index (χ1n) is 10.8. The maximum Gasteiger partial charge on any atom is 0.530 e. The van der Waals surface area contributed by atoms with Gasteiger partial charge >= 0.3 is 13.5 Å². The molecule has 0 bridgehead atoms. The van der Waals surface area contributed by atoms with Crippen LogP contribution in [0.1, 0.15) is 61.0 Å². The Kier molecular flexibility index (Phi) is 6.29. The van der Waals surface area contributed by atoms with E-state index in [1.807, 2.05) is 20.8 Å². The summed E-state index contributed by atoms with van der Waals surface area (Å²) in [7, 11) is -3.96. The zero-order valence-corrected chi connectivity index (χ0v) is 20.5. The number of phosphoric ester groups is 1. The summed E-state index contributed by atoms with van der Waals surface area (Å²) < 4.78 is 37.0. The van der Waals surface area contributed by atoms with Crippen LogP contribution in [-0.4, -0.2) is 28.0 Å². The fourth-order valence-corrected chi connectivity index (χ4v) is 4.94. The average Bonchev–Trinajstić information content (AvgIpc) is 3.22. The molecular weight excluding hydrogens is 463 g/mol. The molecule has 2 aliphatic rings. The maximum atomic E-state index is 13.2. The second-order valence-electron chi connectivity index (χ2n) is 9.35. The first kappa shape index (κ1) is 24.3. The van der Waals surface area contributed by atoms with Crippen LogP contribution in [0.4, 0.5) is 0 Å². The number of benzene rings is 1. The molecule has 3 heterocycles. The predicted molar refractivity (Wildman–Crippen MR) is 123 cm³/mol. The number of Topliss-reactive ketones (excluding diaryl/α,β-unsaturated/α-hetero) is 1. The molecular formula is C23H27N2O8P. The molecule has 4 rings (SSSR count). The fourth-order valence-electron chi connectivity index (χ4n) is 3.70. The molecule has 34 heavy (non-hydrogen) atoms. The van der Waals surface area contributed by atoms with Crippen LogP contribution in [0.5, 0.6) is 5.75 Å². The van der Waals surface area contributed by atoms with Gasteiger partial charge in [-0.3, -0.25) is 28.2 Å². The van der Waals surface area contributed by atoms with Crippen LogP contribution >= 0.6 is 7.82 Å². The summed E-state index contributed by atoms with van der Waals surface area (Å²) in [6.07, 6.45) is 3.35. The summed E-state index contributed by atoms with van der Waals surface area (Å²) in [5.74, 6) is 0.304. The molecule has 11 heteroatoms. The minimum atomic E-state index is -3.96. The number of aromatic nitrogens is 2. The number of aryl methyl sites for hydroxylation is 1. The molecule has 0 spiro atoms. The van der Waals surface area contributed by atoms with Crippen molar-refractivity contribution in [3.63, 3.8) is 0 Å². The number of H-pyrrole nitrogens is 1. The van der Waals surface area contributed by atoms with Crippen molar-refractivity contribution in [3.8, 4) is 5.75 Å². The van der Waals surface area contributed by atoms with Gasteiger partial charge in [0.25, 0.3) is 5.56 Å². The zero-order valence-electron chi connectivity index (χ0n) is 19.6. The Balaban J connectivity index is 1.48. The highest BCUT2D eigenvalue weighted by Gasteiger charge is 2.39. The Hall–Kier alpha value is -2.78. The molecule has 2 aromatic rings. The second kappa shape index (κ2) is 8.78. The van der Waals surface area contributed by atoms with Gasteiger partial charge < -0.3 is 9.26 Å². The summed E-state index contributed by atoms with van der Waals surface area (Å²) in [4.78, 5) is 37.9. The maximum absolute atomic E-state index is 13.2. The topological polar surface area (TPSA) is 126 Å². The van der Waals surface area contributed by atoms with Crippen LogP contribution in [0.2, 0.25) is 0 Å². The molecule has 0 unspecified atom stereocenters. The second-order valence-corrected chi connectivity index (χ2v) is 10.9. The van der Waals surface area contributed by atoms with Gasteiger partial charge in [0.15, 0.2) is 12.0 Å². The highest BCUT2D eigenvalue weighted by atomic mass is 31.2. The van der Waals surface area contributed by atoms with Crippen LogP contribution in [0.3, 0.4) is 0 Å². The van der Waals surface area contributed by atoms with E-state index in [0.29, 0.717) is 22.4 Å². The number of carbonyl (C=O) groups is 1. The van der Waals surface area contributed by atoms with E-state index in [0.717, 1.165) is 5.56 Å². The number of aromatic amines is 1. The van der Waals surface area contributed by atoms with Crippen molar-refractivity contribution < 1.29 is 27.7 Å². The van der Waals surface area contributed by atoms with Gasteiger partial charge in [-0.15, -0.1) is 0 Å². The van der Waals surface area contributed by atoms with Gasteiger partial charge in [0.2, 0.25) is 0 Å². The molecule has 1 aromatic carbocycles. The van der Waals surface area contributed by atoms with Crippen molar-refractivity contribution in [1.82, 2.24) is 9.55 Å². The SMILES string of the molecule is CC(=O)c1cc2c(c(C(C)(C)C)c1)O[P@@](=O)(OC[C@@H]1C=C[C@H](n3cc(C)c(=O)[nH]c3=O)O1)OC2. The highest BCUT2D eigenvalue weighted by molar-refractivity contribution is 7.49. The van der Waals surface area contributed by atoms with Crippen LogP contribution in [0, 0.1) is 6.92 Å². The standard InChI is InChI=1S/C23H27N2O8P/c1-13-10-25(22(28)24-21(13)27)19-7-6-17(32-19)12-31-34(29)30-11-16-8-15(14(2)26)9-18(20(16)33-34)23(3,4)5/h6-10,17,19H,11-12H2,1-5H3,(H,24,27,28)/t17-,19+,34+/m0/s1. The lowest BCUT2D eigenvalue weighted by Gasteiger charge is -2.31. The number of ketones is 1. The quantitative estimate of drug-likeness (QED) is 0.383. The Morgan fingerprint density at radius 2 is 2.00 bits per heavy atom. The van der Waals surface area contributed by atoms with E-state index in [4.69, 9.17) is 18.3 Å². The number of hydrogen-bond acceptors (Lipinski definition) is 8. The third kappa shape index (κ3) is 4.86. The van der Waals surface area contributed by atoms with Crippen LogP contribution < -0.4 is 15.8 Å². The van der Waals surface area contributed by atoms with Crippen molar-refractivity contribution in [3.05, 3.63) is 73.6 Å². The minimum absolute atomic E-state index is 0.0349. The third-order valence-corrected chi connectivity index (χ3v) is 6.90. The summed E-state index contributed by atoms with van der Waals surface area (Å²) in [5.41, 5.74) is 0.796. The fraction of sp³-hybridized carbons (Fsp3) is 0.435. The van der Waals surface area contributed by atoms with Gasteiger partial charge in [0.1, 0.15) is 11.9 Å². The number of carbonyl (C=O) groups excluding carboxylic acids is 1. The van der Waals surface area contributed by atoms with E-state index in [-0.39, 0.29) is 24.4 Å². The molecule has 0 saturated heterocycles. The van der Waals surface area contributed by atoms with Gasteiger partial charge in [-0.2, -0.15) is 0 Å². The molecule has 1 aromatic heterocycles. The Morgan fingerprint density at radius 1 is 1.26 bits per heavy atom. The number of ether oxygens (including phenoxy) is 1. The van der Waals surface area contributed by atoms with Crippen molar-refractivity contribution in [2.45, 2.75) is 59.0 Å². The first-order chi connectivity index (χ1) is 15.9. The third-order valence-electron chi connectivity index (χ3n) is 5.58. The Morgan fingerprint density at radius 3 is 2.68 bits per heavy atom. The molecule has 0 fully saturated rings. The van der Waals surface area contributed by atoms with Crippen LogP contribution in [-0.2, 0) is 30.4 Å². The van der Waals surface area contributed by atoms with Gasteiger partial charge in [-0.25, -0.2) is 9.36 Å². The lowest BCUT2D eigenvalue weighted by Crippen LogP contribution is -2.33. The van der Waals surface area contributed by atoms with Gasteiger partial charge in [0, 0.05) is 28.5 Å². The van der Waals surface area contributed by atoms with Gasteiger partial charge in [-0.1, -0.05) is 26.8 Å². The van der Waals surface area contributed by atoms with Crippen molar-refractivity contribution in [2.24, 2.45) is 0 Å². The summed E-state index contributed by atoms with van der Waals surface area (Å²) >= 11 is 0. The zero-order chi connectivity index (χ0) is 24.8. The normalized spacial score (nSPS) is 24.0. The summed E-state index contributed by atoms with van der Waals surface area (Å²) in [6.45, 7) is 8.79. The van der Waals surface area contributed by atoms with E-state index >= 15 is 0 Å². The number of nitrogens with zero attached hydrogens (tertiary/aromatic N) is 1. The van der Waals surface area contributed by atoms with Crippen LogP contribution in [0.25, 0.3) is 0 Å². The average molecular weight is 490 g/mol. The molecule has 0 radical (unpaired) electrons. The number of rotatable bonds is 5. The molecule has 0 aliphatic carbocycles. The summed E-state index contributed by atoms with van der Waals surface area (Å²) in [5, 5.41) is 0. The number of nitrogens with one attached hydrogen (secondary N) is 1. The van der Waals surface area contributed by atoms with E-state index in [9.17, 15) is 18.9 Å². The monoisotopic (exact) mass is 490 g/mol. The van der Waals surface area contributed by atoms with Crippen molar-refractivity contribution in [1.29, 1.82) is 0 Å². The van der Waals surface area contributed by atoms with E-state index in [1.165, 1.54) is 17.7 Å². The van der Waals surface area contributed by atoms with Gasteiger partial charge in [0.05, 0.1) is 13.2 Å². The highest BCUT2D eigenvalue weighted by Crippen LogP contribution is 2.57. The number of hydrogen-bond donors (Lipinski definition) is 1. The van der Waals surface area contributed by atoms with Crippen molar-refractivity contribution in [2.75, 3.05) is 6.61 Å².